The fourth-order valence-corrected chi connectivity index (χ4v) is 2.04. The number of rotatable bonds is 8. The number of hydrogen-bond acceptors (Lipinski definition) is 4. The van der Waals surface area contributed by atoms with Crippen LogP contribution in [0.3, 0.4) is 0 Å². The molecule has 0 saturated heterocycles. The zero-order valence-electron chi connectivity index (χ0n) is 12.9. The van der Waals surface area contributed by atoms with Gasteiger partial charge in [0.2, 0.25) is 0 Å². The third-order valence-electron chi connectivity index (χ3n) is 3.03. The van der Waals surface area contributed by atoms with Crippen LogP contribution in [-0.4, -0.2) is 45.2 Å². The van der Waals surface area contributed by atoms with E-state index in [1.165, 1.54) is 6.07 Å². The van der Waals surface area contributed by atoms with Gasteiger partial charge in [0.1, 0.15) is 0 Å². The van der Waals surface area contributed by atoms with Gasteiger partial charge in [0.15, 0.2) is 11.6 Å². The van der Waals surface area contributed by atoms with Gasteiger partial charge in [-0.3, -0.25) is 0 Å². The highest BCUT2D eigenvalue weighted by atomic mass is 19.1. The summed E-state index contributed by atoms with van der Waals surface area (Å²) >= 11 is 0. The first-order valence-corrected chi connectivity index (χ1v) is 7.11. The van der Waals surface area contributed by atoms with Crippen molar-refractivity contribution >= 4 is 11.4 Å². The van der Waals surface area contributed by atoms with Crippen LogP contribution in [0.4, 0.5) is 15.8 Å². The summed E-state index contributed by atoms with van der Waals surface area (Å²) in [6.45, 7) is 7.04. The first-order valence-electron chi connectivity index (χ1n) is 7.11. The molecule has 1 aromatic carbocycles. The van der Waals surface area contributed by atoms with Gasteiger partial charge >= 0.3 is 0 Å². The van der Waals surface area contributed by atoms with E-state index < -0.39 is 5.82 Å². The molecule has 0 radical (unpaired) electrons. The first-order chi connectivity index (χ1) is 9.49. The SMILES string of the molecule is CCCN(CCN(C)C)c1cc(OCC)c(F)cc1N. The molecule has 5 heteroatoms. The highest BCUT2D eigenvalue weighted by Gasteiger charge is 2.14. The number of nitrogen functional groups attached to an aromatic ring is 1. The minimum absolute atomic E-state index is 0.266. The quantitative estimate of drug-likeness (QED) is 0.745. The Morgan fingerprint density at radius 2 is 1.85 bits per heavy atom. The third-order valence-corrected chi connectivity index (χ3v) is 3.03. The van der Waals surface area contributed by atoms with Crippen LogP contribution in [0.25, 0.3) is 0 Å². The summed E-state index contributed by atoms with van der Waals surface area (Å²) in [4.78, 5) is 4.29. The maximum atomic E-state index is 13.7. The van der Waals surface area contributed by atoms with Crippen LogP contribution < -0.4 is 15.4 Å². The van der Waals surface area contributed by atoms with E-state index in [1.54, 1.807) is 6.07 Å². The van der Waals surface area contributed by atoms with E-state index in [1.807, 2.05) is 21.0 Å². The summed E-state index contributed by atoms with van der Waals surface area (Å²) in [6.07, 6.45) is 1.01. The van der Waals surface area contributed by atoms with Gasteiger partial charge in [0.25, 0.3) is 0 Å². The van der Waals surface area contributed by atoms with Gasteiger partial charge in [0, 0.05) is 31.8 Å². The molecule has 0 aliphatic heterocycles. The normalized spacial score (nSPS) is 10.9. The lowest BCUT2D eigenvalue weighted by molar-refractivity contribution is 0.321. The van der Waals surface area contributed by atoms with Crippen LogP contribution in [0.1, 0.15) is 20.3 Å². The molecule has 0 amide bonds. The lowest BCUT2D eigenvalue weighted by Gasteiger charge is -2.27. The van der Waals surface area contributed by atoms with Crippen molar-refractivity contribution in [2.45, 2.75) is 20.3 Å². The van der Waals surface area contributed by atoms with Crippen molar-refractivity contribution in [3.63, 3.8) is 0 Å². The summed E-state index contributed by atoms with van der Waals surface area (Å²) < 4.78 is 19.1. The lowest BCUT2D eigenvalue weighted by atomic mass is 10.2. The molecule has 0 bridgehead atoms. The molecule has 1 aromatic rings. The topological polar surface area (TPSA) is 41.7 Å². The molecular formula is C15H26FN3O. The summed E-state index contributed by atoms with van der Waals surface area (Å²) in [7, 11) is 4.06. The molecule has 2 N–H and O–H groups in total. The Morgan fingerprint density at radius 1 is 1.15 bits per heavy atom. The van der Waals surface area contributed by atoms with Gasteiger partial charge in [-0.2, -0.15) is 0 Å². The van der Waals surface area contributed by atoms with Gasteiger partial charge in [-0.05, 0) is 27.4 Å². The van der Waals surface area contributed by atoms with Crippen molar-refractivity contribution < 1.29 is 9.13 Å². The average Bonchev–Trinajstić information content (AvgIpc) is 2.38. The second-order valence-electron chi connectivity index (χ2n) is 5.06. The van der Waals surface area contributed by atoms with E-state index >= 15 is 0 Å². The predicted molar refractivity (Wildman–Crippen MR) is 83.0 cm³/mol. The van der Waals surface area contributed by atoms with Gasteiger partial charge in [-0.15, -0.1) is 0 Å². The van der Waals surface area contributed by atoms with Gasteiger partial charge < -0.3 is 20.3 Å². The second-order valence-corrected chi connectivity index (χ2v) is 5.06. The molecule has 0 saturated carbocycles. The molecule has 4 nitrogen and oxygen atoms in total. The Labute approximate surface area is 121 Å². The number of benzene rings is 1. The Kier molecular flexibility index (Phi) is 6.58. The smallest absolute Gasteiger partial charge is 0.167 e. The van der Waals surface area contributed by atoms with E-state index in [2.05, 4.69) is 16.7 Å². The summed E-state index contributed by atoms with van der Waals surface area (Å²) in [5, 5.41) is 0. The predicted octanol–water partition coefficient (Wildman–Crippen LogP) is 2.58. The van der Waals surface area contributed by atoms with E-state index in [0.29, 0.717) is 12.3 Å². The van der Waals surface area contributed by atoms with Gasteiger partial charge in [0.05, 0.1) is 18.0 Å². The Hall–Kier alpha value is -1.49. The molecule has 20 heavy (non-hydrogen) atoms. The van der Waals surface area contributed by atoms with Gasteiger partial charge in [-0.1, -0.05) is 6.92 Å². The van der Waals surface area contributed by atoms with Gasteiger partial charge in [-0.25, -0.2) is 4.39 Å². The zero-order valence-corrected chi connectivity index (χ0v) is 12.9. The van der Waals surface area contributed by atoms with Crippen LogP contribution in [0.2, 0.25) is 0 Å². The van der Waals surface area contributed by atoms with E-state index in [9.17, 15) is 4.39 Å². The minimum Gasteiger partial charge on any atom is -0.491 e. The first kappa shape index (κ1) is 16.6. The van der Waals surface area contributed by atoms with Crippen LogP contribution in [0, 0.1) is 5.82 Å². The maximum Gasteiger partial charge on any atom is 0.167 e. The number of anilines is 2. The number of likely N-dealkylation sites (N-methyl/N-ethyl adjacent to an activating group) is 1. The van der Waals surface area contributed by atoms with E-state index in [0.717, 1.165) is 31.7 Å². The average molecular weight is 283 g/mol. The van der Waals surface area contributed by atoms with Crippen LogP contribution >= 0.6 is 0 Å². The van der Waals surface area contributed by atoms with Crippen molar-refractivity contribution in [1.29, 1.82) is 0 Å². The van der Waals surface area contributed by atoms with Crippen LogP contribution in [-0.2, 0) is 0 Å². The summed E-state index contributed by atoms with van der Waals surface area (Å²) in [6, 6.07) is 3.05. The van der Waals surface area contributed by atoms with Crippen molar-refractivity contribution in [3.8, 4) is 5.75 Å². The molecule has 1 rings (SSSR count). The molecule has 0 unspecified atom stereocenters. The van der Waals surface area contributed by atoms with E-state index in [-0.39, 0.29) is 5.75 Å². The summed E-state index contributed by atoms with van der Waals surface area (Å²) in [5.74, 6) is -0.139. The zero-order chi connectivity index (χ0) is 15.1. The molecular weight excluding hydrogens is 257 g/mol. The maximum absolute atomic E-state index is 13.7. The molecule has 114 valence electrons. The van der Waals surface area contributed by atoms with Crippen molar-refractivity contribution in [3.05, 3.63) is 17.9 Å². The monoisotopic (exact) mass is 283 g/mol. The molecule has 0 aliphatic rings. The molecule has 0 aromatic heterocycles. The van der Waals surface area contributed by atoms with Crippen LogP contribution in [0.15, 0.2) is 12.1 Å². The molecule has 0 fully saturated rings. The molecule has 0 atom stereocenters. The number of nitrogens with zero attached hydrogens (tertiary/aromatic N) is 2. The Bertz CT molecular complexity index is 424. The number of halogens is 1. The molecule has 0 spiro atoms. The Morgan fingerprint density at radius 3 is 2.40 bits per heavy atom. The van der Waals surface area contributed by atoms with Crippen molar-refractivity contribution in [1.82, 2.24) is 4.90 Å². The standard InChI is InChI=1S/C15H26FN3O/c1-5-7-19(9-8-18(3)4)14-11-15(20-6-2)12(16)10-13(14)17/h10-11H,5-9,17H2,1-4H3. The van der Waals surface area contributed by atoms with Crippen molar-refractivity contribution in [2.75, 3.05) is 51.0 Å². The summed E-state index contributed by atoms with van der Waals surface area (Å²) in [5.41, 5.74) is 7.28. The Balaban J connectivity index is 3.01. The molecule has 0 heterocycles. The molecule has 0 aliphatic carbocycles. The number of nitrogens with two attached hydrogens (primary N) is 1. The van der Waals surface area contributed by atoms with Crippen molar-refractivity contribution in [2.24, 2.45) is 0 Å². The largest absolute Gasteiger partial charge is 0.491 e. The van der Waals surface area contributed by atoms with E-state index in [4.69, 9.17) is 10.5 Å². The lowest BCUT2D eigenvalue weighted by Crippen LogP contribution is -2.32. The minimum atomic E-state index is -0.405. The number of ether oxygens (including phenoxy) is 1. The fraction of sp³-hybridized carbons (Fsp3) is 0.600. The highest BCUT2D eigenvalue weighted by Crippen LogP contribution is 2.31. The fourth-order valence-electron chi connectivity index (χ4n) is 2.04. The second kappa shape index (κ2) is 7.94. The third kappa shape index (κ3) is 4.56. The highest BCUT2D eigenvalue weighted by molar-refractivity contribution is 5.70. The van der Waals surface area contributed by atoms with Crippen LogP contribution in [0.5, 0.6) is 5.75 Å². The number of hydrogen-bond donors (Lipinski definition) is 1.